The highest BCUT2D eigenvalue weighted by atomic mass is 16.1. The zero-order valence-electron chi connectivity index (χ0n) is 11.9. The summed E-state index contributed by atoms with van der Waals surface area (Å²) in [4.78, 5) is 22.9. The predicted octanol–water partition coefficient (Wildman–Crippen LogP) is 2.90. The molecule has 1 saturated carbocycles. The summed E-state index contributed by atoms with van der Waals surface area (Å²) in [5.41, 5.74) is 1.42. The van der Waals surface area contributed by atoms with E-state index in [1.165, 1.54) is 19.2 Å². The van der Waals surface area contributed by atoms with Crippen LogP contribution in [0.5, 0.6) is 0 Å². The first-order valence-electron chi connectivity index (χ1n) is 7.16. The van der Waals surface area contributed by atoms with E-state index in [0.717, 1.165) is 29.9 Å². The Balaban J connectivity index is 0.000000637. The summed E-state index contributed by atoms with van der Waals surface area (Å²) in [6.07, 6.45) is 7.67. The Kier molecular flexibility index (Phi) is 4.35. The van der Waals surface area contributed by atoms with E-state index in [1.54, 1.807) is 6.20 Å². The fourth-order valence-corrected chi connectivity index (χ4v) is 2.71. The maximum Gasteiger partial charge on any atom is 0.327 e. The zero-order chi connectivity index (χ0) is 13.8. The summed E-state index contributed by atoms with van der Waals surface area (Å²) < 4.78 is 1.81. The minimum atomic E-state index is -0.0555. The van der Waals surface area contributed by atoms with Crippen molar-refractivity contribution in [2.45, 2.75) is 52.5 Å². The third-order valence-electron chi connectivity index (χ3n) is 3.73. The van der Waals surface area contributed by atoms with Crippen LogP contribution in [-0.2, 0) is 0 Å². The average Bonchev–Trinajstić information content (AvgIpc) is 2.78. The smallest absolute Gasteiger partial charge is 0.303 e. The van der Waals surface area contributed by atoms with Crippen LogP contribution in [0.25, 0.3) is 11.2 Å². The molecule has 0 saturated heterocycles. The van der Waals surface area contributed by atoms with Crippen molar-refractivity contribution in [1.29, 1.82) is 0 Å². The average molecular weight is 262 g/mol. The number of H-pyrrole nitrogens is 1. The SMILES string of the molecule is CC.CC1CCC(n2c(=O)[nH]c3cncnc32)CC1. The summed E-state index contributed by atoms with van der Waals surface area (Å²) in [7, 11) is 0. The quantitative estimate of drug-likeness (QED) is 0.859. The molecule has 19 heavy (non-hydrogen) atoms. The number of aromatic nitrogens is 4. The van der Waals surface area contributed by atoms with Gasteiger partial charge in [0.25, 0.3) is 0 Å². The second-order valence-electron chi connectivity index (χ2n) is 4.97. The first-order valence-corrected chi connectivity index (χ1v) is 7.16. The van der Waals surface area contributed by atoms with Crippen molar-refractivity contribution in [2.75, 3.05) is 0 Å². The molecule has 5 nitrogen and oxygen atoms in total. The molecular formula is C14H22N4O. The predicted molar refractivity (Wildman–Crippen MR) is 76.2 cm³/mol. The van der Waals surface area contributed by atoms with Gasteiger partial charge >= 0.3 is 5.69 Å². The first-order chi connectivity index (χ1) is 9.25. The number of nitrogens with zero attached hydrogens (tertiary/aromatic N) is 3. The van der Waals surface area contributed by atoms with Crippen molar-refractivity contribution in [3.8, 4) is 0 Å². The van der Waals surface area contributed by atoms with Gasteiger partial charge in [0.1, 0.15) is 11.8 Å². The van der Waals surface area contributed by atoms with Gasteiger partial charge in [0, 0.05) is 6.04 Å². The Morgan fingerprint density at radius 3 is 2.63 bits per heavy atom. The maximum absolute atomic E-state index is 12.0. The minimum Gasteiger partial charge on any atom is -0.303 e. The molecule has 2 aromatic rings. The Hall–Kier alpha value is -1.65. The molecule has 0 atom stereocenters. The molecule has 0 amide bonds. The monoisotopic (exact) mass is 262 g/mol. The molecule has 0 bridgehead atoms. The van der Waals surface area contributed by atoms with Crippen LogP contribution in [0.15, 0.2) is 17.3 Å². The molecule has 1 N–H and O–H groups in total. The van der Waals surface area contributed by atoms with E-state index in [0.29, 0.717) is 6.04 Å². The second kappa shape index (κ2) is 5.99. The van der Waals surface area contributed by atoms with Crippen LogP contribution in [0, 0.1) is 5.92 Å². The number of rotatable bonds is 1. The Morgan fingerprint density at radius 2 is 1.95 bits per heavy atom. The molecule has 1 fully saturated rings. The lowest BCUT2D eigenvalue weighted by atomic mass is 9.87. The fourth-order valence-electron chi connectivity index (χ4n) is 2.71. The molecule has 0 spiro atoms. The van der Waals surface area contributed by atoms with Crippen LogP contribution in [-0.4, -0.2) is 19.5 Å². The van der Waals surface area contributed by atoms with Gasteiger partial charge in [0.05, 0.1) is 6.20 Å². The third kappa shape index (κ3) is 2.69. The van der Waals surface area contributed by atoms with Crippen LogP contribution in [0.4, 0.5) is 0 Å². The van der Waals surface area contributed by atoms with Crippen molar-refractivity contribution in [1.82, 2.24) is 19.5 Å². The number of hydrogen-bond acceptors (Lipinski definition) is 3. The van der Waals surface area contributed by atoms with Crippen LogP contribution in [0.1, 0.15) is 52.5 Å². The molecule has 0 aromatic carbocycles. The van der Waals surface area contributed by atoms with Crippen molar-refractivity contribution < 1.29 is 0 Å². The summed E-state index contributed by atoms with van der Waals surface area (Å²) >= 11 is 0. The highest BCUT2D eigenvalue weighted by molar-refractivity contribution is 5.68. The van der Waals surface area contributed by atoms with Gasteiger partial charge in [-0.25, -0.2) is 14.8 Å². The van der Waals surface area contributed by atoms with Gasteiger partial charge in [0.2, 0.25) is 0 Å². The van der Waals surface area contributed by atoms with Gasteiger partial charge in [-0.15, -0.1) is 0 Å². The molecule has 0 radical (unpaired) electrons. The Morgan fingerprint density at radius 1 is 1.26 bits per heavy atom. The van der Waals surface area contributed by atoms with E-state index in [-0.39, 0.29) is 5.69 Å². The van der Waals surface area contributed by atoms with Gasteiger partial charge in [0.15, 0.2) is 5.65 Å². The first kappa shape index (κ1) is 13.8. The van der Waals surface area contributed by atoms with Crippen molar-refractivity contribution in [2.24, 2.45) is 5.92 Å². The van der Waals surface area contributed by atoms with Gasteiger partial charge in [-0.3, -0.25) is 4.57 Å². The lowest BCUT2D eigenvalue weighted by molar-refractivity contribution is 0.289. The Labute approximate surface area is 113 Å². The highest BCUT2D eigenvalue weighted by Gasteiger charge is 2.23. The summed E-state index contributed by atoms with van der Waals surface area (Å²) in [5.74, 6) is 0.779. The Bertz CT molecular complexity index is 578. The maximum atomic E-state index is 12.0. The van der Waals surface area contributed by atoms with Crippen LogP contribution < -0.4 is 5.69 Å². The molecule has 5 heteroatoms. The topological polar surface area (TPSA) is 63.6 Å². The molecular weight excluding hydrogens is 240 g/mol. The molecule has 2 aromatic heterocycles. The molecule has 0 aliphatic heterocycles. The fraction of sp³-hybridized carbons (Fsp3) is 0.643. The third-order valence-corrected chi connectivity index (χ3v) is 3.73. The van der Waals surface area contributed by atoms with E-state index in [9.17, 15) is 4.79 Å². The molecule has 2 heterocycles. The number of hydrogen-bond donors (Lipinski definition) is 1. The number of imidazole rings is 1. The molecule has 3 rings (SSSR count). The van der Waals surface area contributed by atoms with Gasteiger partial charge in [-0.05, 0) is 31.6 Å². The van der Waals surface area contributed by atoms with Gasteiger partial charge in [-0.2, -0.15) is 0 Å². The number of fused-ring (bicyclic) bond motifs is 1. The highest BCUT2D eigenvalue weighted by Crippen LogP contribution is 2.31. The van der Waals surface area contributed by atoms with Gasteiger partial charge < -0.3 is 4.98 Å². The summed E-state index contributed by atoms with van der Waals surface area (Å²) in [6.45, 7) is 6.27. The van der Waals surface area contributed by atoms with E-state index >= 15 is 0 Å². The van der Waals surface area contributed by atoms with E-state index < -0.39 is 0 Å². The van der Waals surface area contributed by atoms with Crippen LogP contribution in [0.3, 0.4) is 0 Å². The van der Waals surface area contributed by atoms with E-state index in [1.807, 2.05) is 18.4 Å². The van der Waals surface area contributed by atoms with Gasteiger partial charge in [-0.1, -0.05) is 20.8 Å². The molecule has 0 unspecified atom stereocenters. The summed E-state index contributed by atoms with van der Waals surface area (Å²) in [5, 5.41) is 0. The van der Waals surface area contributed by atoms with Crippen molar-refractivity contribution >= 4 is 11.2 Å². The normalized spacial score (nSPS) is 22.9. The largest absolute Gasteiger partial charge is 0.327 e. The standard InChI is InChI=1S/C12H16N4O.C2H6/c1-8-2-4-9(5-3-8)16-11-10(15-12(16)17)6-13-7-14-11;1-2/h6-9H,2-5H2,1H3,(H,15,17);1-2H3. The second-order valence-corrected chi connectivity index (χ2v) is 4.97. The van der Waals surface area contributed by atoms with E-state index in [4.69, 9.17) is 0 Å². The molecule has 1 aliphatic carbocycles. The van der Waals surface area contributed by atoms with E-state index in [2.05, 4.69) is 21.9 Å². The van der Waals surface area contributed by atoms with Crippen molar-refractivity contribution in [3.05, 3.63) is 23.0 Å². The number of nitrogens with one attached hydrogen (secondary N) is 1. The minimum absolute atomic E-state index is 0.0555. The summed E-state index contributed by atoms with van der Waals surface area (Å²) in [6, 6.07) is 0.294. The van der Waals surface area contributed by atoms with Crippen LogP contribution in [0.2, 0.25) is 0 Å². The lowest BCUT2D eigenvalue weighted by Gasteiger charge is -2.26. The number of aromatic amines is 1. The zero-order valence-corrected chi connectivity index (χ0v) is 11.9. The van der Waals surface area contributed by atoms with Crippen molar-refractivity contribution in [3.63, 3.8) is 0 Å². The molecule has 1 aliphatic rings. The lowest BCUT2D eigenvalue weighted by Crippen LogP contribution is -2.25. The van der Waals surface area contributed by atoms with Crippen LogP contribution >= 0.6 is 0 Å². The molecule has 104 valence electrons.